The smallest absolute Gasteiger partial charge is 0.150 e. The van der Waals surface area contributed by atoms with Crippen LogP contribution in [-0.4, -0.2) is 35.5 Å². The van der Waals surface area contributed by atoms with Gasteiger partial charge in [0, 0.05) is 18.7 Å². The summed E-state index contributed by atoms with van der Waals surface area (Å²) in [7, 11) is 0. The average Bonchev–Trinajstić information content (AvgIpc) is 3.26. The van der Waals surface area contributed by atoms with E-state index in [1.54, 1.807) is 30.5 Å². The molecule has 5 heteroatoms. The third-order valence-electron chi connectivity index (χ3n) is 4.72. The van der Waals surface area contributed by atoms with Crippen molar-refractivity contribution in [2.24, 2.45) is 0 Å². The average molecular weight is 393 g/mol. The minimum absolute atomic E-state index is 0.170. The van der Waals surface area contributed by atoms with Crippen molar-refractivity contribution >= 4 is 6.29 Å². The summed E-state index contributed by atoms with van der Waals surface area (Å²) in [5.41, 5.74) is 3.09. The summed E-state index contributed by atoms with van der Waals surface area (Å²) in [5.74, 6) is 1.48. The zero-order valence-corrected chi connectivity index (χ0v) is 16.7. The highest BCUT2D eigenvalue weighted by atomic mass is 16.5. The molecule has 5 nitrogen and oxygen atoms in total. The Hall–Kier alpha value is -2.89. The zero-order chi connectivity index (χ0) is 20.5. The lowest BCUT2D eigenvalue weighted by Gasteiger charge is -2.24. The molecular weight excluding hydrogens is 366 g/mol. The van der Waals surface area contributed by atoms with Crippen molar-refractivity contribution < 1.29 is 19.1 Å². The number of carbonyl (C=O) groups excluding carboxylic acids is 1. The molecule has 3 aromatic rings. The Morgan fingerprint density at radius 2 is 1.76 bits per heavy atom. The highest BCUT2D eigenvalue weighted by molar-refractivity contribution is 5.74. The largest absolute Gasteiger partial charge is 0.491 e. The summed E-state index contributed by atoms with van der Waals surface area (Å²) >= 11 is 0. The second-order valence-electron chi connectivity index (χ2n) is 7.07. The third kappa shape index (κ3) is 6.59. The van der Waals surface area contributed by atoms with Crippen LogP contribution in [0.3, 0.4) is 0 Å². The van der Waals surface area contributed by atoms with Gasteiger partial charge >= 0.3 is 0 Å². The van der Waals surface area contributed by atoms with E-state index in [2.05, 4.69) is 36.1 Å². The maximum Gasteiger partial charge on any atom is 0.150 e. The topological polar surface area (TPSA) is 62.9 Å². The first kappa shape index (κ1) is 20.8. The Morgan fingerprint density at radius 1 is 1.03 bits per heavy atom. The lowest BCUT2D eigenvalue weighted by molar-refractivity contribution is 0.0604. The molecule has 0 aliphatic heterocycles. The van der Waals surface area contributed by atoms with Crippen molar-refractivity contribution in [1.82, 2.24) is 4.90 Å². The molecule has 1 atom stereocenters. The van der Waals surface area contributed by atoms with Gasteiger partial charge in [0.05, 0.1) is 12.8 Å². The zero-order valence-electron chi connectivity index (χ0n) is 16.7. The van der Waals surface area contributed by atoms with E-state index in [0.717, 1.165) is 18.5 Å². The van der Waals surface area contributed by atoms with Crippen molar-refractivity contribution in [2.75, 3.05) is 13.2 Å². The van der Waals surface area contributed by atoms with Crippen LogP contribution in [0.2, 0.25) is 0 Å². The maximum absolute atomic E-state index is 10.7. The number of hydrogen-bond acceptors (Lipinski definition) is 5. The molecular formula is C24H27NO4. The first-order valence-electron chi connectivity index (χ1n) is 9.85. The fourth-order valence-corrected chi connectivity index (χ4v) is 3.13. The predicted molar refractivity (Wildman–Crippen MR) is 112 cm³/mol. The molecule has 0 radical (unpaired) electrons. The summed E-state index contributed by atoms with van der Waals surface area (Å²) in [6.07, 6.45) is 2.80. The fraction of sp³-hybridized carbons (Fsp3) is 0.292. The second kappa shape index (κ2) is 10.6. The van der Waals surface area contributed by atoms with E-state index < -0.39 is 6.10 Å². The molecule has 0 bridgehead atoms. The lowest BCUT2D eigenvalue weighted by atomic mass is 10.1. The first-order valence-corrected chi connectivity index (χ1v) is 9.85. The van der Waals surface area contributed by atoms with Crippen LogP contribution in [0, 0.1) is 0 Å². The van der Waals surface area contributed by atoms with Gasteiger partial charge in [-0.05, 0) is 53.9 Å². The number of nitrogens with zero attached hydrogens (tertiary/aromatic N) is 1. The van der Waals surface area contributed by atoms with E-state index in [-0.39, 0.29) is 6.61 Å². The maximum atomic E-state index is 10.7. The van der Waals surface area contributed by atoms with Crippen LogP contribution >= 0.6 is 0 Å². The van der Waals surface area contributed by atoms with Crippen LogP contribution in [0.15, 0.2) is 71.3 Å². The molecule has 1 aromatic heterocycles. The Labute approximate surface area is 171 Å². The van der Waals surface area contributed by atoms with Gasteiger partial charge in [-0.1, -0.05) is 31.2 Å². The van der Waals surface area contributed by atoms with Crippen LogP contribution in [0.1, 0.15) is 34.2 Å². The van der Waals surface area contributed by atoms with Crippen LogP contribution in [0.4, 0.5) is 0 Å². The Morgan fingerprint density at radius 3 is 2.38 bits per heavy atom. The number of aliphatic hydroxyl groups is 1. The molecule has 2 aromatic carbocycles. The van der Waals surface area contributed by atoms with Gasteiger partial charge in [0.15, 0.2) is 0 Å². The predicted octanol–water partition coefficient (Wildman–Crippen LogP) is 4.10. The minimum atomic E-state index is -0.661. The molecule has 0 amide bonds. The number of rotatable bonds is 11. The van der Waals surface area contributed by atoms with Crippen molar-refractivity contribution in [2.45, 2.75) is 32.5 Å². The van der Waals surface area contributed by atoms with Gasteiger partial charge in [0.2, 0.25) is 0 Å². The Kier molecular flexibility index (Phi) is 7.61. The van der Waals surface area contributed by atoms with Gasteiger partial charge in [0.25, 0.3) is 0 Å². The number of hydrogen-bond donors (Lipinski definition) is 1. The Balaban J connectivity index is 1.59. The van der Waals surface area contributed by atoms with E-state index >= 15 is 0 Å². The number of ether oxygens (including phenoxy) is 1. The van der Waals surface area contributed by atoms with E-state index in [1.807, 2.05) is 12.1 Å². The normalized spacial score (nSPS) is 12.1. The number of aryl methyl sites for hydroxylation is 1. The van der Waals surface area contributed by atoms with Crippen molar-refractivity contribution in [3.63, 3.8) is 0 Å². The first-order chi connectivity index (χ1) is 14.2. The molecule has 3 rings (SSSR count). The molecule has 0 saturated carbocycles. The van der Waals surface area contributed by atoms with Crippen LogP contribution in [-0.2, 0) is 19.5 Å². The lowest BCUT2D eigenvalue weighted by Crippen LogP contribution is -2.35. The summed E-state index contributed by atoms with van der Waals surface area (Å²) in [6.45, 7) is 4.07. The highest BCUT2D eigenvalue weighted by Gasteiger charge is 2.15. The monoisotopic (exact) mass is 393 g/mol. The van der Waals surface area contributed by atoms with Crippen molar-refractivity contribution in [3.05, 3.63) is 89.4 Å². The molecule has 1 heterocycles. The summed E-state index contributed by atoms with van der Waals surface area (Å²) in [4.78, 5) is 12.9. The van der Waals surface area contributed by atoms with Gasteiger partial charge < -0.3 is 14.3 Å². The van der Waals surface area contributed by atoms with E-state index in [4.69, 9.17) is 9.15 Å². The third-order valence-corrected chi connectivity index (χ3v) is 4.72. The molecule has 0 saturated heterocycles. The standard InChI is InChI=1S/C24H27NO4/c1-2-19-5-7-20(8-6-19)14-25(16-24-4-3-13-28-24)15-22(27)18-29-23-11-9-21(17-26)10-12-23/h3-13,17,22,27H,2,14-16,18H2,1H3. The quantitative estimate of drug-likeness (QED) is 0.497. The molecule has 0 fully saturated rings. The van der Waals surface area contributed by atoms with Gasteiger partial charge in [-0.3, -0.25) is 9.69 Å². The molecule has 1 N–H and O–H groups in total. The Bertz CT molecular complexity index is 857. The van der Waals surface area contributed by atoms with Gasteiger partial charge in [-0.25, -0.2) is 0 Å². The number of benzene rings is 2. The van der Waals surface area contributed by atoms with Crippen LogP contribution < -0.4 is 4.74 Å². The van der Waals surface area contributed by atoms with Crippen LogP contribution in [0.5, 0.6) is 5.75 Å². The summed E-state index contributed by atoms with van der Waals surface area (Å²) in [6, 6.07) is 19.2. The minimum Gasteiger partial charge on any atom is -0.491 e. The van der Waals surface area contributed by atoms with Crippen LogP contribution in [0.25, 0.3) is 0 Å². The van der Waals surface area contributed by atoms with Gasteiger partial charge in [-0.15, -0.1) is 0 Å². The van der Waals surface area contributed by atoms with Gasteiger partial charge in [-0.2, -0.15) is 0 Å². The fourth-order valence-electron chi connectivity index (χ4n) is 3.13. The molecule has 29 heavy (non-hydrogen) atoms. The molecule has 0 spiro atoms. The van der Waals surface area contributed by atoms with Crippen molar-refractivity contribution in [1.29, 1.82) is 0 Å². The molecule has 1 unspecified atom stereocenters. The highest BCUT2D eigenvalue weighted by Crippen LogP contribution is 2.14. The second-order valence-corrected chi connectivity index (χ2v) is 7.07. The number of aldehydes is 1. The van der Waals surface area contributed by atoms with Gasteiger partial charge in [0.1, 0.15) is 30.5 Å². The molecule has 0 aliphatic rings. The molecule has 0 aliphatic carbocycles. The number of furan rings is 1. The van der Waals surface area contributed by atoms with E-state index in [0.29, 0.717) is 30.9 Å². The molecule has 152 valence electrons. The van der Waals surface area contributed by atoms with E-state index in [1.165, 1.54) is 11.1 Å². The van der Waals surface area contributed by atoms with E-state index in [9.17, 15) is 9.90 Å². The summed E-state index contributed by atoms with van der Waals surface area (Å²) < 4.78 is 11.2. The SMILES string of the molecule is CCc1ccc(CN(Cc2ccco2)CC(O)COc2ccc(C=O)cc2)cc1. The number of carbonyl (C=O) groups is 1. The summed E-state index contributed by atoms with van der Waals surface area (Å²) in [5, 5.41) is 10.5. The van der Waals surface area contributed by atoms with Crippen molar-refractivity contribution in [3.8, 4) is 5.75 Å². The number of aliphatic hydroxyl groups excluding tert-OH is 1.